The van der Waals surface area contributed by atoms with Crippen molar-refractivity contribution in [3.8, 4) is 0 Å². The summed E-state index contributed by atoms with van der Waals surface area (Å²) < 4.78 is 0. The molecule has 0 aromatic heterocycles. The summed E-state index contributed by atoms with van der Waals surface area (Å²) in [7, 11) is 0. The normalized spacial score (nSPS) is 16.1. The topological polar surface area (TPSA) is 15.6 Å². The molecule has 0 N–H and O–H groups in total. The molecule has 2 nitrogen and oxygen atoms in total. The van der Waals surface area contributed by atoms with E-state index in [1.54, 1.807) is 0 Å². The van der Waals surface area contributed by atoms with Gasteiger partial charge in [-0.3, -0.25) is 4.99 Å². The zero-order chi connectivity index (χ0) is 18.2. The van der Waals surface area contributed by atoms with E-state index >= 15 is 0 Å². The van der Waals surface area contributed by atoms with Gasteiger partial charge in [-0.1, -0.05) is 18.2 Å². The van der Waals surface area contributed by atoms with Crippen molar-refractivity contribution in [1.82, 2.24) is 0 Å². The van der Waals surface area contributed by atoms with Gasteiger partial charge < -0.3 is 4.90 Å². The van der Waals surface area contributed by atoms with E-state index in [4.69, 9.17) is 0 Å². The van der Waals surface area contributed by atoms with E-state index in [9.17, 15) is 0 Å². The number of aliphatic imine (C=N–C) groups is 1. The summed E-state index contributed by atoms with van der Waals surface area (Å²) in [4.78, 5) is 7.16. The Hall–Kier alpha value is -2.35. The van der Waals surface area contributed by atoms with Crippen LogP contribution in [0.3, 0.4) is 0 Å². The molecule has 2 aromatic rings. The highest BCUT2D eigenvalue weighted by Crippen LogP contribution is 2.39. The molecule has 0 amide bonds. The van der Waals surface area contributed by atoms with Crippen LogP contribution in [0.5, 0.6) is 0 Å². The molecule has 0 spiro atoms. The molecule has 0 aliphatic carbocycles. The Morgan fingerprint density at radius 2 is 1.84 bits per heavy atom. The second-order valence-corrected chi connectivity index (χ2v) is 7.55. The van der Waals surface area contributed by atoms with Crippen LogP contribution in [0.2, 0.25) is 0 Å². The van der Waals surface area contributed by atoms with Crippen LogP contribution >= 0.6 is 0 Å². The Balaban J connectivity index is 2.03. The first-order chi connectivity index (χ1) is 11.8. The smallest absolute Gasteiger partial charge is 0.0632 e. The number of allylic oxidation sites excluding steroid dienone is 1. The lowest BCUT2D eigenvalue weighted by molar-refractivity contribution is 0.566. The highest BCUT2D eigenvalue weighted by Gasteiger charge is 2.30. The van der Waals surface area contributed by atoms with E-state index < -0.39 is 0 Å². The van der Waals surface area contributed by atoms with Gasteiger partial charge in [-0.15, -0.1) is 0 Å². The number of benzene rings is 2. The molecule has 1 aliphatic rings. The van der Waals surface area contributed by atoms with Gasteiger partial charge in [0.15, 0.2) is 0 Å². The van der Waals surface area contributed by atoms with Crippen LogP contribution in [0.1, 0.15) is 49.9 Å². The van der Waals surface area contributed by atoms with E-state index in [-0.39, 0.29) is 5.54 Å². The standard InChI is InChI=1S/C23H28N2/c1-7-25-22-12-17(3)19(13-21(22)18(4)14-23(25,5)6)15-24-20-10-8-9-16(2)11-20/h8-15H,7H2,1-6H3. The van der Waals surface area contributed by atoms with Crippen LogP contribution < -0.4 is 4.90 Å². The maximum Gasteiger partial charge on any atom is 0.0632 e. The first-order valence-electron chi connectivity index (χ1n) is 9.04. The Bertz CT molecular complexity index is 856. The van der Waals surface area contributed by atoms with E-state index in [1.807, 2.05) is 12.3 Å². The minimum Gasteiger partial charge on any atom is -0.363 e. The molecule has 0 saturated heterocycles. The third-order valence-electron chi connectivity index (χ3n) is 5.04. The molecule has 2 heteroatoms. The monoisotopic (exact) mass is 332 g/mol. The molecule has 1 aliphatic heterocycles. The van der Waals surface area contributed by atoms with Gasteiger partial charge in [0.25, 0.3) is 0 Å². The van der Waals surface area contributed by atoms with Crippen LogP contribution in [0.4, 0.5) is 11.4 Å². The first-order valence-corrected chi connectivity index (χ1v) is 9.04. The molecule has 130 valence electrons. The van der Waals surface area contributed by atoms with Crippen LogP contribution in [0.25, 0.3) is 5.57 Å². The zero-order valence-corrected chi connectivity index (χ0v) is 16.2. The number of anilines is 1. The van der Waals surface area contributed by atoms with Crippen LogP contribution in [0.15, 0.2) is 47.5 Å². The largest absolute Gasteiger partial charge is 0.363 e. The SMILES string of the molecule is CCN1c2cc(C)c(C=Nc3cccc(C)c3)cc2C(C)=CC1(C)C. The van der Waals surface area contributed by atoms with Gasteiger partial charge >= 0.3 is 0 Å². The third kappa shape index (κ3) is 3.39. The summed E-state index contributed by atoms with van der Waals surface area (Å²) in [5.41, 5.74) is 8.72. The third-order valence-corrected chi connectivity index (χ3v) is 5.04. The van der Waals surface area contributed by atoms with Crippen molar-refractivity contribution in [2.75, 3.05) is 11.4 Å². The predicted octanol–water partition coefficient (Wildman–Crippen LogP) is 6.08. The maximum absolute atomic E-state index is 4.68. The highest BCUT2D eigenvalue weighted by atomic mass is 15.2. The quantitative estimate of drug-likeness (QED) is 0.622. The first kappa shape index (κ1) is 17.5. The number of hydrogen-bond acceptors (Lipinski definition) is 2. The Morgan fingerprint density at radius 1 is 1.08 bits per heavy atom. The second-order valence-electron chi connectivity index (χ2n) is 7.55. The molecular weight excluding hydrogens is 304 g/mol. The Morgan fingerprint density at radius 3 is 2.52 bits per heavy atom. The summed E-state index contributed by atoms with van der Waals surface area (Å²) in [6.45, 7) is 14.3. The van der Waals surface area contributed by atoms with Crippen LogP contribution in [-0.4, -0.2) is 18.3 Å². The van der Waals surface area contributed by atoms with Gasteiger partial charge in [0.05, 0.1) is 11.2 Å². The fourth-order valence-electron chi connectivity index (χ4n) is 3.81. The van der Waals surface area contributed by atoms with Gasteiger partial charge in [-0.25, -0.2) is 0 Å². The minimum absolute atomic E-state index is 0.0510. The van der Waals surface area contributed by atoms with Gasteiger partial charge in [0.2, 0.25) is 0 Å². The molecule has 25 heavy (non-hydrogen) atoms. The lowest BCUT2D eigenvalue weighted by Crippen LogP contribution is -2.45. The molecule has 3 rings (SSSR count). The number of rotatable bonds is 3. The average molecular weight is 332 g/mol. The molecule has 0 radical (unpaired) electrons. The summed E-state index contributed by atoms with van der Waals surface area (Å²) >= 11 is 0. The lowest BCUT2D eigenvalue weighted by Gasteiger charge is -2.43. The van der Waals surface area contributed by atoms with Gasteiger partial charge in [-0.2, -0.15) is 0 Å². The number of fused-ring (bicyclic) bond motifs is 1. The van der Waals surface area contributed by atoms with Crippen LogP contribution in [0, 0.1) is 13.8 Å². The predicted molar refractivity (Wildman–Crippen MR) is 110 cm³/mol. The minimum atomic E-state index is 0.0510. The molecule has 0 unspecified atom stereocenters. The number of likely N-dealkylation sites (N-methyl/N-ethyl adjacent to an activating group) is 1. The van der Waals surface area contributed by atoms with E-state index in [1.165, 1.54) is 33.5 Å². The lowest BCUT2D eigenvalue weighted by atomic mass is 9.87. The Kier molecular flexibility index (Phi) is 4.55. The van der Waals surface area contributed by atoms with E-state index in [0.29, 0.717) is 0 Å². The van der Waals surface area contributed by atoms with Crippen molar-refractivity contribution < 1.29 is 0 Å². The van der Waals surface area contributed by atoms with Crippen molar-refractivity contribution in [1.29, 1.82) is 0 Å². The fourth-order valence-corrected chi connectivity index (χ4v) is 3.81. The summed E-state index contributed by atoms with van der Waals surface area (Å²) in [5.74, 6) is 0. The molecule has 2 aromatic carbocycles. The Labute approximate surface area is 151 Å². The average Bonchev–Trinajstić information content (AvgIpc) is 2.53. The molecule has 0 atom stereocenters. The number of hydrogen-bond donors (Lipinski definition) is 0. The van der Waals surface area contributed by atoms with Crippen molar-refractivity contribution in [2.24, 2.45) is 4.99 Å². The molecule has 0 bridgehead atoms. The van der Waals surface area contributed by atoms with Gasteiger partial charge in [0, 0.05) is 24.0 Å². The summed E-state index contributed by atoms with van der Waals surface area (Å²) in [6.07, 6.45) is 4.36. The highest BCUT2D eigenvalue weighted by molar-refractivity contribution is 5.90. The van der Waals surface area contributed by atoms with Crippen molar-refractivity contribution in [3.05, 3.63) is 64.7 Å². The number of nitrogens with zero attached hydrogens (tertiary/aromatic N) is 2. The van der Waals surface area contributed by atoms with Crippen LogP contribution in [-0.2, 0) is 0 Å². The van der Waals surface area contributed by atoms with E-state index in [2.05, 4.69) is 87.8 Å². The second kappa shape index (κ2) is 6.51. The molecule has 1 heterocycles. The number of aryl methyl sites for hydroxylation is 2. The molecule has 0 saturated carbocycles. The molecule has 0 fully saturated rings. The van der Waals surface area contributed by atoms with Crippen molar-refractivity contribution >= 4 is 23.2 Å². The van der Waals surface area contributed by atoms with Crippen molar-refractivity contribution in [2.45, 2.75) is 47.1 Å². The molecular formula is C23H28N2. The van der Waals surface area contributed by atoms with Crippen molar-refractivity contribution in [3.63, 3.8) is 0 Å². The van der Waals surface area contributed by atoms with E-state index in [0.717, 1.165) is 12.2 Å². The maximum atomic E-state index is 4.68. The zero-order valence-electron chi connectivity index (χ0n) is 16.2. The summed E-state index contributed by atoms with van der Waals surface area (Å²) in [5, 5.41) is 0. The van der Waals surface area contributed by atoms with Gasteiger partial charge in [-0.05, 0) is 88.1 Å². The van der Waals surface area contributed by atoms with Gasteiger partial charge in [0.1, 0.15) is 0 Å². The fraction of sp³-hybridized carbons (Fsp3) is 0.348. The summed E-state index contributed by atoms with van der Waals surface area (Å²) in [6, 6.07) is 12.9.